The fourth-order valence-electron chi connectivity index (χ4n) is 4.37. The molecule has 0 spiro atoms. The largest absolute Gasteiger partial charge is 0.490 e. The van der Waals surface area contributed by atoms with E-state index in [1.165, 1.54) is 6.07 Å². The van der Waals surface area contributed by atoms with Gasteiger partial charge in [-0.05, 0) is 48.5 Å². The van der Waals surface area contributed by atoms with Crippen LogP contribution in [-0.2, 0) is 4.79 Å². The third-order valence-electron chi connectivity index (χ3n) is 6.51. The van der Waals surface area contributed by atoms with E-state index >= 15 is 0 Å². The van der Waals surface area contributed by atoms with Gasteiger partial charge in [-0.2, -0.15) is 10.2 Å². The second-order valence-electron chi connectivity index (χ2n) is 8.95. The third-order valence-corrected chi connectivity index (χ3v) is 6.51. The molecule has 10 heteroatoms. The molecule has 8 nitrogen and oxygen atoms in total. The average Bonchev–Trinajstić information content (AvgIpc) is 2.87. The lowest BCUT2D eigenvalue weighted by atomic mass is 9.98. The van der Waals surface area contributed by atoms with Crippen LogP contribution in [-0.4, -0.2) is 59.2 Å². The normalized spacial score (nSPS) is 16.4. The number of piperidine rings is 1. The topological polar surface area (TPSA) is 87.7 Å². The molecular formula is C26H25F2N5O3. The van der Waals surface area contributed by atoms with E-state index in [0.29, 0.717) is 50.5 Å². The molecule has 2 aromatic carbocycles. The predicted octanol–water partition coefficient (Wildman–Crippen LogP) is 3.51. The maximum atomic E-state index is 13.5. The first-order valence-electron chi connectivity index (χ1n) is 11.8. The molecular weight excluding hydrogens is 468 g/mol. The molecule has 36 heavy (non-hydrogen) atoms. The monoisotopic (exact) mass is 493 g/mol. The number of likely N-dealkylation sites (tertiary alicyclic amines) is 1. The van der Waals surface area contributed by atoms with Gasteiger partial charge < -0.3 is 19.9 Å². The number of ether oxygens (including phenoxy) is 1. The van der Waals surface area contributed by atoms with Crippen molar-refractivity contribution in [2.45, 2.75) is 18.9 Å². The second-order valence-corrected chi connectivity index (χ2v) is 8.95. The highest BCUT2D eigenvalue weighted by Gasteiger charge is 2.33. The van der Waals surface area contributed by atoms with Crippen LogP contribution in [0.3, 0.4) is 0 Å². The van der Waals surface area contributed by atoms with Crippen LogP contribution in [0.15, 0.2) is 60.9 Å². The Morgan fingerprint density at radius 2 is 1.69 bits per heavy atom. The Balaban J connectivity index is 1.07. The van der Waals surface area contributed by atoms with Gasteiger partial charge >= 0.3 is 0 Å². The number of hydrogen-bond acceptors (Lipinski definition) is 6. The lowest BCUT2D eigenvalue weighted by Crippen LogP contribution is -2.52. The van der Waals surface area contributed by atoms with Crippen LogP contribution < -0.4 is 15.0 Å². The van der Waals surface area contributed by atoms with Crippen molar-refractivity contribution < 1.29 is 23.1 Å². The molecule has 2 aliphatic heterocycles. The number of nitrogens with zero attached hydrogens (tertiary/aromatic N) is 4. The van der Waals surface area contributed by atoms with Crippen LogP contribution in [0.4, 0.5) is 20.2 Å². The van der Waals surface area contributed by atoms with Crippen molar-refractivity contribution in [3.05, 3.63) is 78.1 Å². The first kappa shape index (κ1) is 23.7. The van der Waals surface area contributed by atoms with Gasteiger partial charge in [-0.3, -0.25) is 9.59 Å². The number of carbonyl (C=O) groups excluding carboxylic acids is 2. The van der Waals surface area contributed by atoms with Crippen molar-refractivity contribution in [2.24, 2.45) is 5.92 Å². The van der Waals surface area contributed by atoms with Crippen molar-refractivity contribution in [3.63, 3.8) is 0 Å². The van der Waals surface area contributed by atoms with E-state index in [-0.39, 0.29) is 29.4 Å². The molecule has 1 aromatic heterocycles. The van der Waals surface area contributed by atoms with Crippen molar-refractivity contribution in [2.75, 3.05) is 36.4 Å². The molecule has 2 aliphatic rings. The number of anilines is 2. The highest BCUT2D eigenvalue weighted by Crippen LogP contribution is 2.26. The Kier molecular flexibility index (Phi) is 6.75. The van der Waals surface area contributed by atoms with Crippen LogP contribution in [0, 0.1) is 17.6 Å². The maximum Gasteiger partial charge on any atom is 0.253 e. The van der Waals surface area contributed by atoms with Gasteiger partial charge in [0.25, 0.3) is 5.91 Å². The summed E-state index contributed by atoms with van der Waals surface area (Å²) in [5.41, 5.74) is 1.79. The Hall–Kier alpha value is -4.08. The number of amides is 2. The zero-order chi connectivity index (χ0) is 25.1. The lowest BCUT2D eigenvalue weighted by Gasteiger charge is -2.39. The van der Waals surface area contributed by atoms with Crippen LogP contribution in [0.5, 0.6) is 5.75 Å². The van der Waals surface area contributed by atoms with Gasteiger partial charge in [0.15, 0.2) is 11.6 Å². The summed E-state index contributed by atoms with van der Waals surface area (Å²) in [6.07, 6.45) is 4.49. The Morgan fingerprint density at radius 1 is 0.944 bits per heavy atom. The molecule has 0 aliphatic carbocycles. The standard InChI is InChI=1S/C26H25F2N5O3/c27-23-6-1-17(13-24(23)28)26(35)32-11-8-22(9-12-32)36-21-4-2-19(3-5-21)31-25(34)18-15-33(16-18)20-7-10-29-30-14-20/h1-7,10,13-14,18,22H,8-9,11-12,15-16H2,(H,31,34). The van der Waals surface area contributed by atoms with Gasteiger partial charge in [0.1, 0.15) is 11.9 Å². The smallest absolute Gasteiger partial charge is 0.253 e. The molecule has 0 atom stereocenters. The minimum absolute atomic E-state index is 0.0278. The van der Waals surface area contributed by atoms with Crippen LogP contribution in [0.25, 0.3) is 0 Å². The van der Waals surface area contributed by atoms with E-state index in [1.807, 2.05) is 18.2 Å². The number of rotatable bonds is 6. The van der Waals surface area contributed by atoms with Crippen molar-refractivity contribution >= 4 is 23.2 Å². The summed E-state index contributed by atoms with van der Waals surface area (Å²) in [7, 11) is 0. The van der Waals surface area contributed by atoms with Gasteiger partial charge in [0, 0.05) is 50.3 Å². The minimum atomic E-state index is -1.03. The molecule has 1 N–H and O–H groups in total. The van der Waals surface area contributed by atoms with E-state index in [2.05, 4.69) is 20.4 Å². The van der Waals surface area contributed by atoms with Gasteiger partial charge in [0.05, 0.1) is 24.0 Å². The van der Waals surface area contributed by atoms with Crippen LogP contribution in [0.2, 0.25) is 0 Å². The molecule has 2 saturated heterocycles. The van der Waals surface area contributed by atoms with Crippen LogP contribution in [0.1, 0.15) is 23.2 Å². The minimum Gasteiger partial charge on any atom is -0.490 e. The predicted molar refractivity (Wildman–Crippen MR) is 129 cm³/mol. The molecule has 0 radical (unpaired) electrons. The first-order valence-corrected chi connectivity index (χ1v) is 11.8. The number of halogens is 2. The number of aromatic nitrogens is 2. The summed E-state index contributed by atoms with van der Waals surface area (Å²) in [4.78, 5) is 28.8. The molecule has 186 valence electrons. The van der Waals surface area contributed by atoms with E-state index < -0.39 is 11.6 Å². The number of benzene rings is 2. The molecule has 3 heterocycles. The first-order chi connectivity index (χ1) is 17.5. The Bertz CT molecular complexity index is 1230. The highest BCUT2D eigenvalue weighted by molar-refractivity contribution is 5.95. The molecule has 0 saturated carbocycles. The summed E-state index contributed by atoms with van der Waals surface area (Å²) < 4.78 is 32.6. The molecule has 2 fully saturated rings. The van der Waals surface area contributed by atoms with Gasteiger partial charge in [0.2, 0.25) is 5.91 Å². The number of nitrogens with one attached hydrogen (secondary N) is 1. The summed E-state index contributed by atoms with van der Waals surface area (Å²) in [5.74, 6) is -1.76. The number of hydrogen-bond donors (Lipinski definition) is 1. The Labute approximate surface area is 206 Å². The zero-order valence-corrected chi connectivity index (χ0v) is 19.4. The van der Waals surface area contributed by atoms with Crippen molar-refractivity contribution in [1.29, 1.82) is 0 Å². The highest BCUT2D eigenvalue weighted by atomic mass is 19.2. The Morgan fingerprint density at radius 3 is 2.36 bits per heavy atom. The summed E-state index contributed by atoms with van der Waals surface area (Å²) in [6, 6.07) is 12.3. The quantitative estimate of drug-likeness (QED) is 0.566. The van der Waals surface area contributed by atoms with Gasteiger partial charge in [-0.1, -0.05) is 0 Å². The van der Waals surface area contributed by atoms with Gasteiger partial charge in [-0.25, -0.2) is 8.78 Å². The summed E-state index contributed by atoms with van der Waals surface area (Å²) in [5, 5.41) is 10.6. The van der Waals surface area contributed by atoms with E-state index in [1.54, 1.807) is 29.4 Å². The summed E-state index contributed by atoms with van der Waals surface area (Å²) in [6.45, 7) is 2.20. The van der Waals surface area contributed by atoms with E-state index in [4.69, 9.17) is 4.74 Å². The molecule has 0 bridgehead atoms. The fraction of sp³-hybridized carbons (Fsp3) is 0.308. The van der Waals surface area contributed by atoms with E-state index in [9.17, 15) is 18.4 Å². The molecule has 3 aromatic rings. The molecule has 2 amide bonds. The van der Waals surface area contributed by atoms with Crippen molar-refractivity contribution in [3.8, 4) is 5.75 Å². The molecule has 0 unspecified atom stereocenters. The molecule has 5 rings (SSSR count). The third kappa shape index (κ3) is 5.27. The summed E-state index contributed by atoms with van der Waals surface area (Å²) >= 11 is 0. The van der Waals surface area contributed by atoms with E-state index in [0.717, 1.165) is 17.8 Å². The lowest BCUT2D eigenvalue weighted by molar-refractivity contribution is -0.120. The SMILES string of the molecule is O=C(Nc1ccc(OC2CCN(C(=O)c3ccc(F)c(F)c3)CC2)cc1)C1CN(c2ccnnc2)C1. The maximum absolute atomic E-state index is 13.5. The average molecular weight is 494 g/mol. The van der Waals surface area contributed by atoms with Gasteiger partial charge in [-0.15, -0.1) is 0 Å². The fourth-order valence-corrected chi connectivity index (χ4v) is 4.37. The zero-order valence-electron chi connectivity index (χ0n) is 19.4. The van der Waals surface area contributed by atoms with Crippen LogP contribution >= 0.6 is 0 Å². The van der Waals surface area contributed by atoms with Crippen molar-refractivity contribution in [1.82, 2.24) is 15.1 Å². The number of carbonyl (C=O) groups is 2. The second kappa shape index (κ2) is 10.3.